The van der Waals surface area contributed by atoms with Crippen LogP contribution in [0.25, 0.3) is 0 Å². The zero-order valence-corrected chi connectivity index (χ0v) is 15.1. The first-order valence-corrected chi connectivity index (χ1v) is 8.90. The maximum absolute atomic E-state index is 10.0. The molecule has 23 heavy (non-hydrogen) atoms. The zero-order valence-electron chi connectivity index (χ0n) is 15.1. The Bertz CT molecular complexity index is 288. The first-order valence-electron chi connectivity index (χ1n) is 8.90. The standard InChI is InChI=1S/C17H38NO5/c1-4-5-6-7-8-9-10-11-18(2,3)12-14(20)16(22)17(23)15(21)13-19/h14-17,19-23H,4-13H2,1-3H3/q+1/t14-,15-,16-,17-/m0/s1. The van der Waals surface area contributed by atoms with Crippen molar-refractivity contribution in [2.75, 3.05) is 33.8 Å². The van der Waals surface area contributed by atoms with Crippen LogP contribution in [0, 0.1) is 0 Å². The van der Waals surface area contributed by atoms with Crippen LogP contribution in [0.15, 0.2) is 0 Å². The summed E-state index contributed by atoms with van der Waals surface area (Å²) in [6.07, 6.45) is 2.96. The zero-order chi connectivity index (χ0) is 17.9. The van der Waals surface area contributed by atoms with Gasteiger partial charge in [0.15, 0.2) is 0 Å². The van der Waals surface area contributed by atoms with Gasteiger partial charge in [-0.3, -0.25) is 0 Å². The van der Waals surface area contributed by atoms with Crippen molar-refractivity contribution < 1.29 is 30.0 Å². The minimum Gasteiger partial charge on any atom is -0.394 e. The molecule has 6 nitrogen and oxygen atoms in total. The Labute approximate surface area is 141 Å². The van der Waals surface area contributed by atoms with Gasteiger partial charge >= 0.3 is 0 Å². The summed E-state index contributed by atoms with van der Waals surface area (Å²) in [5.74, 6) is 0. The van der Waals surface area contributed by atoms with Crippen molar-refractivity contribution in [3.05, 3.63) is 0 Å². The fourth-order valence-corrected chi connectivity index (χ4v) is 2.77. The highest BCUT2D eigenvalue weighted by atomic mass is 16.4. The number of quaternary nitrogens is 1. The molecule has 0 aliphatic heterocycles. The van der Waals surface area contributed by atoms with E-state index in [0.29, 0.717) is 4.48 Å². The number of hydrogen-bond acceptors (Lipinski definition) is 5. The minimum absolute atomic E-state index is 0.284. The van der Waals surface area contributed by atoms with Gasteiger partial charge in [0, 0.05) is 0 Å². The van der Waals surface area contributed by atoms with Gasteiger partial charge in [-0.1, -0.05) is 39.0 Å². The third-order valence-electron chi connectivity index (χ3n) is 4.37. The summed E-state index contributed by atoms with van der Waals surface area (Å²) in [6, 6.07) is 0. The van der Waals surface area contributed by atoms with Gasteiger partial charge in [0.05, 0.1) is 27.2 Å². The molecule has 0 spiro atoms. The molecule has 0 aromatic rings. The SMILES string of the molecule is CCCCCCCCC[N+](C)(C)C[C@H](O)[C@H](O)[C@@H](O)[C@@H](O)CO. The van der Waals surface area contributed by atoms with E-state index in [1.165, 1.54) is 32.1 Å². The topological polar surface area (TPSA) is 101 Å². The molecular formula is C17H38NO5+. The predicted molar refractivity (Wildman–Crippen MR) is 90.9 cm³/mol. The van der Waals surface area contributed by atoms with Gasteiger partial charge in [-0.2, -0.15) is 0 Å². The van der Waals surface area contributed by atoms with Crippen LogP contribution in [-0.2, 0) is 0 Å². The predicted octanol–water partition coefficient (Wildman–Crippen LogP) is 0.249. The Hall–Kier alpha value is -0.240. The van der Waals surface area contributed by atoms with Crippen molar-refractivity contribution in [3.63, 3.8) is 0 Å². The molecule has 0 aromatic carbocycles. The molecule has 0 radical (unpaired) electrons. The van der Waals surface area contributed by atoms with Crippen LogP contribution in [-0.4, -0.2) is 88.2 Å². The summed E-state index contributed by atoms with van der Waals surface area (Å²) < 4.78 is 0.537. The van der Waals surface area contributed by atoms with Gasteiger partial charge in [0.25, 0.3) is 0 Å². The lowest BCUT2D eigenvalue weighted by Crippen LogP contribution is -2.54. The summed E-state index contributed by atoms with van der Waals surface area (Å²) in [7, 11) is 3.95. The summed E-state index contributed by atoms with van der Waals surface area (Å²) in [5, 5.41) is 47.7. The van der Waals surface area contributed by atoms with E-state index in [4.69, 9.17) is 5.11 Å². The van der Waals surface area contributed by atoms with Gasteiger partial charge in [0.2, 0.25) is 0 Å². The number of aliphatic hydroxyl groups excluding tert-OH is 5. The smallest absolute Gasteiger partial charge is 0.131 e. The normalized spacial score (nSPS) is 17.7. The van der Waals surface area contributed by atoms with Crippen LogP contribution in [0.5, 0.6) is 0 Å². The maximum Gasteiger partial charge on any atom is 0.131 e. The summed E-state index contributed by atoms with van der Waals surface area (Å²) in [4.78, 5) is 0. The second kappa shape index (κ2) is 12.2. The first kappa shape index (κ1) is 22.8. The van der Waals surface area contributed by atoms with E-state index in [-0.39, 0.29) is 6.54 Å². The number of hydrogen-bond donors (Lipinski definition) is 5. The van der Waals surface area contributed by atoms with E-state index in [0.717, 1.165) is 19.4 Å². The molecule has 4 atom stereocenters. The number of rotatable bonds is 14. The van der Waals surface area contributed by atoms with Crippen LogP contribution in [0.2, 0.25) is 0 Å². The Morgan fingerprint density at radius 1 is 0.739 bits per heavy atom. The fourth-order valence-electron chi connectivity index (χ4n) is 2.77. The molecular weight excluding hydrogens is 298 g/mol. The van der Waals surface area contributed by atoms with Crippen molar-refractivity contribution in [1.82, 2.24) is 0 Å². The fraction of sp³-hybridized carbons (Fsp3) is 1.00. The lowest BCUT2D eigenvalue weighted by Gasteiger charge is -2.34. The van der Waals surface area contributed by atoms with Crippen LogP contribution in [0.1, 0.15) is 51.9 Å². The molecule has 6 heteroatoms. The molecule has 0 bridgehead atoms. The quantitative estimate of drug-likeness (QED) is 0.231. The van der Waals surface area contributed by atoms with Crippen LogP contribution < -0.4 is 0 Å². The molecule has 0 saturated carbocycles. The monoisotopic (exact) mass is 336 g/mol. The Morgan fingerprint density at radius 3 is 1.74 bits per heavy atom. The highest BCUT2D eigenvalue weighted by Gasteiger charge is 2.33. The summed E-state index contributed by atoms with van der Waals surface area (Å²) >= 11 is 0. The van der Waals surface area contributed by atoms with Crippen molar-refractivity contribution in [1.29, 1.82) is 0 Å². The molecule has 5 N–H and O–H groups in total. The van der Waals surface area contributed by atoms with Gasteiger partial charge < -0.3 is 30.0 Å². The van der Waals surface area contributed by atoms with Gasteiger partial charge in [0.1, 0.15) is 31.0 Å². The number of nitrogens with zero attached hydrogens (tertiary/aromatic N) is 1. The van der Waals surface area contributed by atoms with Gasteiger partial charge in [-0.15, -0.1) is 0 Å². The number of unbranched alkanes of at least 4 members (excludes halogenated alkanes) is 6. The van der Waals surface area contributed by atoms with Crippen molar-refractivity contribution >= 4 is 0 Å². The van der Waals surface area contributed by atoms with E-state index < -0.39 is 31.0 Å². The molecule has 140 valence electrons. The van der Waals surface area contributed by atoms with E-state index >= 15 is 0 Å². The molecule has 0 amide bonds. The van der Waals surface area contributed by atoms with Crippen molar-refractivity contribution in [2.24, 2.45) is 0 Å². The van der Waals surface area contributed by atoms with E-state index in [2.05, 4.69) is 6.92 Å². The van der Waals surface area contributed by atoms with E-state index in [9.17, 15) is 20.4 Å². The maximum atomic E-state index is 10.0. The third kappa shape index (κ3) is 10.3. The molecule has 0 unspecified atom stereocenters. The highest BCUT2D eigenvalue weighted by molar-refractivity contribution is 4.80. The Morgan fingerprint density at radius 2 is 1.22 bits per heavy atom. The molecule has 0 rings (SSSR count). The average molecular weight is 336 g/mol. The van der Waals surface area contributed by atoms with E-state index in [1.54, 1.807) is 0 Å². The Balaban J connectivity index is 4.04. The number of likely N-dealkylation sites (N-methyl/N-ethyl adjacent to an activating group) is 1. The van der Waals surface area contributed by atoms with Gasteiger partial charge in [-0.05, 0) is 12.8 Å². The lowest BCUT2D eigenvalue weighted by atomic mass is 10.0. The summed E-state index contributed by atoms with van der Waals surface area (Å²) in [5.41, 5.74) is 0. The Kier molecular flexibility index (Phi) is 12.0. The van der Waals surface area contributed by atoms with E-state index in [1.807, 2.05) is 14.1 Å². The van der Waals surface area contributed by atoms with Gasteiger partial charge in [-0.25, -0.2) is 0 Å². The summed E-state index contributed by atoms with van der Waals surface area (Å²) in [6.45, 7) is 2.72. The van der Waals surface area contributed by atoms with Crippen molar-refractivity contribution in [3.8, 4) is 0 Å². The van der Waals surface area contributed by atoms with Crippen molar-refractivity contribution in [2.45, 2.75) is 76.3 Å². The highest BCUT2D eigenvalue weighted by Crippen LogP contribution is 2.12. The second-order valence-electron chi connectivity index (χ2n) is 7.26. The minimum atomic E-state index is -1.55. The van der Waals surface area contributed by atoms with Crippen LogP contribution in [0.4, 0.5) is 0 Å². The second-order valence-corrected chi connectivity index (χ2v) is 7.26. The lowest BCUT2D eigenvalue weighted by molar-refractivity contribution is -0.894. The largest absolute Gasteiger partial charge is 0.394 e. The average Bonchev–Trinajstić information content (AvgIpc) is 2.51. The number of aliphatic hydroxyl groups is 5. The molecule has 0 fully saturated rings. The molecule has 0 heterocycles. The third-order valence-corrected chi connectivity index (χ3v) is 4.37. The van der Waals surface area contributed by atoms with Crippen LogP contribution >= 0.6 is 0 Å². The first-order chi connectivity index (χ1) is 10.7. The molecule has 0 aliphatic carbocycles. The van der Waals surface area contributed by atoms with Crippen LogP contribution in [0.3, 0.4) is 0 Å². The molecule has 0 saturated heterocycles. The molecule has 0 aromatic heterocycles. The molecule has 0 aliphatic rings.